The van der Waals surface area contributed by atoms with Crippen LogP contribution in [-0.4, -0.2) is 72.3 Å². The van der Waals surface area contributed by atoms with E-state index in [1.165, 1.54) is 28.9 Å². The van der Waals surface area contributed by atoms with Crippen molar-refractivity contribution in [3.63, 3.8) is 0 Å². The number of aryl methyl sites for hydroxylation is 2. The highest BCUT2D eigenvalue weighted by Crippen LogP contribution is 2.20. The lowest BCUT2D eigenvalue weighted by molar-refractivity contribution is -0.122. The molecule has 9 nitrogen and oxygen atoms in total. The zero-order valence-corrected chi connectivity index (χ0v) is 22.9. The van der Waals surface area contributed by atoms with Crippen molar-refractivity contribution >= 4 is 28.3 Å². The maximum absolute atomic E-state index is 14.6. The van der Waals surface area contributed by atoms with Crippen molar-refractivity contribution in [2.24, 2.45) is 0 Å². The summed E-state index contributed by atoms with van der Waals surface area (Å²) in [5, 5.41) is 9.88. The molecule has 3 aromatic rings. The third kappa shape index (κ3) is 7.00. The average Bonchev–Trinajstić information content (AvgIpc) is 2.91. The number of aromatic nitrogens is 2. The first-order chi connectivity index (χ1) is 18.8. The fourth-order valence-electron chi connectivity index (χ4n) is 4.88. The highest BCUT2D eigenvalue weighted by Gasteiger charge is 2.19. The molecule has 2 N–H and O–H groups in total. The first-order valence-electron chi connectivity index (χ1n) is 13.5. The number of amides is 2. The smallest absolute Gasteiger partial charge is 0.278 e. The topological polar surface area (TPSA) is 99.6 Å². The van der Waals surface area contributed by atoms with E-state index in [4.69, 9.17) is 0 Å². The molecule has 0 radical (unpaired) electrons. The summed E-state index contributed by atoms with van der Waals surface area (Å²) in [4.78, 5) is 42.5. The summed E-state index contributed by atoms with van der Waals surface area (Å²) in [6.07, 6.45) is 0.652. The SMILES string of the molecule is CCNC(=O)Cc1nn(CC(=O)NCCCN2CCN(c3ccc(C)c(C)c3)CC2)c(=O)c2c(F)cccc12. The van der Waals surface area contributed by atoms with Gasteiger partial charge >= 0.3 is 0 Å². The molecule has 0 bridgehead atoms. The molecule has 0 atom stereocenters. The molecule has 39 heavy (non-hydrogen) atoms. The fourth-order valence-corrected chi connectivity index (χ4v) is 4.88. The van der Waals surface area contributed by atoms with Crippen LogP contribution in [0.1, 0.15) is 30.2 Å². The summed E-state index contributed by atoms with van der Waals surface area (Å²) in [5.41, 5.74) is 3.42. The molecular weight excluding hydrogens is 499 g/mol. The maximum atomic E-state index is 14.6. The Morgan fingerprint density at radius 3 is 2.49 bits per heavy atom. The third-order valence-electron chi connectivity index (χ3n) is 7.21. The molecule has 1 aromatic heterocycles. The summed E-state index contributed by atoms with van der Waals surface area (Å²) in [7, 11) is 0. The second-order valence-electron chi connectivity index (χ2n) is 10.0. The number of fused-ring (bicyclic) bond motifs is 1. The summed E-state index contributed by atoms with van der Waals surface area (Å²) >= 11 is 0. The number of hydrogen-bond donors (Lipinski definition) is 2. The van der Waals surface area contributed by atoms with Gasteiger partial charge in [-0.2, -0.15) is 5.10 Å². The Kier molecular flexibility index (Phi) is 9.29. The molecule has 4 rings (SSSR count). The number of nitrogens with one attached hydrogen (secondary N) is 2. The van der Waals surface area contributed by atoms with E-state index in [1.54, 1.807) is 13.0 Å². The van der Waals surface area contributed by atoms with Gasteiger partial charge < -0.3 is 15.5 Å². The number of benzene rings is 2. The Morgan fingerprint density at radius 2 is 1.77 bits per heavy atom. The zero-order valence-electron chi connectivity index (χ0n) is 22.9. The van der Waals surface area contributed by atoms with E-state index in [-0.39, 0.29) is 41.2 Å². The number of hydrogen-bond acceptors (Lipinski definition) is 6. The maximum Gasteiger partial charge on any atom is 0.278 e. The number of anilines is 1. The van der Waals surface area contributed by atoms with E-state index in [9.17, 15) is 18.8 Å². The average molecular weight is 537 g/mol. The summed E-state index contributed by atoms with van der Waals surface area (Å²) in [6.45, 7) is 11.3. The van der Waals surface area contributed by atoms with Gasteiger partial charge in [-0.05, 0) is 63.1 Å². The second kappa shape index (κ2) is 12.8. The van der Waals surface area contributed by atoms with Crippen LogP contribution in [0, 0.1) is 19.7 Å². The van der Waals surface area contributed by atoms with Crippen LogP contribution in [0.15, 0.2) is 41.2 Å². The Balaban J connectivity index is 1.29. The Hall–Kier alpha value is -3.79. The van der Waals surface area contributed by atoms with E-state index < -0.39 is 11.4 Å². The Bertz CT molecular complexity index is 1400. The molecule has 0 spiro atoms. The van der Waals surface area contributed by atoms with Crippen LogP contribution < -0.4 is 21.1 Å². The molecule has 0 aliphatic carbocycles. The van der Waals surface area contributed by atoms with E-state index in [2.05, 4.69) is 57.6 Å². The van der Waals surface area contributed by atoms with Crippen molar-refractivity contribution in [3.8, 4) is 0 Å². The molecule has 1 fully saturated rings. The predicted octanol–water partition coefficient (Wildman–Crippen LogP) is 2.16. The van der Waals surface area contributed by atoms with Crippen LogP contribution in [0.25, 0.3) is 10.8 Å². The summed E-state index contributed by atoms with van der Waals surface area (Å²) in [6, 6.07) is 10.8. The number of rotatable bonds is 10. The molecule has 1 aliphatic rings. The lowest BCUT2D eigenvalue weighted by Gasteiger charge is -2.36. The zero-order chi connectivity index (χ0) is 27.9. The number of carbonyl (C=O) groups excluding carboxylic acids is 2. The first kappa shape index (κ1) is 28.2. The van der Waals surface area contributed by atoms with Gasteiger partial charge in [-0.3, -0.25) is 19.3 Å². The van der Waals surface area contributed by atoms with Crippen LogP contribution in [0.4, 0.5) is 10.1 Å². The van der Waals surface area contributed by atoms with E-state index in [0.717, 1.165) is 43.8 Å². The van der Waals surface area contributed by atoms with Gasteiger partial charge in [0.2, 0.25) is 11.8 Å². The van der Waals surface area contributed by atoms with Crippen molar-refractivity contribution in [3.05, 3.63) is 69.4 Å². The highest BCUT2D eigenvalue weighted by atomic mass is 19.1. The van der Waals surface area contributed by atoms with E-state index in [1.807, 2.05) is 0 Å². The molecule has 0 unspecified atom stereocenters. The number of likely N-dealkylation sites (N-methyl/N-ethyl adjacent to an activating group) is 1. The standard InChI is InChI=1S/C29H37FN6O3/c1-4-31-26(37)18-25-23-7-5-8-24(30)28(23)29(39)36(33-25)19-27(38)32-11-6-12-34-13-15-35(16-14-34)22-10-9-20(2)21(3)17-22/h5,7-10,17H,4,6,11-16,18-19H2,1-3H3,(H,31,37)(H,32,38). The number of carbonyl (C=O) groups is 2. The van der Waals surface area contributed by atoms with Crippen molar-refractivity contribution < 1.29 is 14.0 Å². The second-order valence-corrected chi connectivity index (χ2v) is 10.0. The lowest BCUT2D eigenvalue weighted by Crippen LogP contribution is -2.47. The van der Waals surface area contributed by atoms with Gasteiger partial charge in [0.1, 0.15) is 12.4 Å². The number of nitrogens with zero attached hydrogens (tertiary/aromatic N) is 4. The molecule has 208 valence electrons. The molecule has 0 saturated carbocycles. The monoisotopic (exact) mass is 536 g/mol. The number of piperazine rings is 1. The van der Waals surface area contributed by atoms with Gasteiger partial charge in [0.05, 0.1) is 17.5 Å². The predicted molar refractivity (Wildman–Crippen MR) is 151 cm³/mol. The van der Waals surface area contributed by atoms with Gasteiger partial charge in [-0.15, -0.1) is 0 Å². The first-order valence-corrected chi connectivity index (χ1v) is 13.5. The molecule has 1 saturated heterocycles. The minimum atomic E-state index is -0.705. The normalized spacial score (nSPS) is 14.0. The van der Waals surface area contributed by atoms with Crippen LogP contribution in [0.5, 0.6) is 0 Å². The number of halogens is 1. The van der Waals surface area contributed by atoms with Gasteiger partial charge in [0.25, 0.3) is 5.56 Å². The van der Waals surface area contributed by atoms with Gasteiger partial charge in [0, 0.05) is 50.3 Å². The quantitative estimate of drug-likeness (QED) is 0.386. The van der Waals surface area contributed by atoms with E-state index in [0.29, 0.717) is 13.1 Å². The summed E-state index contributed by atoms with van der Waals surface area (Å²) in [5.74, 6) is -1.38. The van der Waals surface area contributed by atoms with Crippen LogP contribution >= 0.6 is 0 Å². The van der Waals surface area contributed by atoms with Crippen LogP contribution in [0.2, 0.25) is 0 Å². The van der Waals surface area contributed by atoms with Crippen molar-refractivity contribution in [1.29, 1.82) is 0 Å². The van der Waals surface area contributed by atoms with Crippen LogP contribution in [0.3, 0.4) is 0 Å². The Labute approximate surface area is 228 Å². The van der Waals surface area contributed by atoms with E-state index >= 15 is 0 Å². The molecule has 10 heteroatoms. The Morgan fingerprint density at radius 1 is 1.00 bits per heavy atom. The minimum Gasteiger partial charge on any atom is -0.369 e. The molecule has 2 heterocycles. The summed E-state index contributed by atoms with van der Waals surface area (Å²) < 4.78 is 15.5. The van der Waals surface area contributed by atoms with Crippen LogP contribution in [-0.2, 0) is 22.6 Å². The van der Waals surface area contributed by atoms with Crippen molar-refractivity contribution in [1.82, 2.24) is 25.3 Å². The molecule has 1 aliphatic heterocycles. The van der Waals surface area contributed by atoms with Gasteiger partial charge in [-0.1, -0.05) is 18.2 Å². The lowest BCUT2D eigenvalue weighted by atomic mass is 10.1. The molecule has 2 amide bonds. The largest absolute Gasteiger partial charge is 0.369 e. The molecular formula is C29H37FN6O3. The van der Waals surface area contributed by atoms with Gasteiger partial charge in [0.15, 0.2) is 0 Å². The minimum absolute atomic E-state index is 0.119. The van der Waals surface area contributed by atoms with Crippen molar-refractivity contribution in [2.45, 2.75) is 40.2 Å². The van der Waals surface area contributed by atoms with Crippen molar-refractivity contribution in [2.75, 3.05) is 50.7 Å². The third-order valence-corrected chi connectivity index (χ3v) is 7.21. The molecule has 2 aromatic carbocycles. The highest BCUT2D eigenvalue weighted by molar-refractivity contribution is 5.89. The van der Waals surface area contributed by atoms with Gasteiger partial charge in [-0.25, -0.2) is 9.07 Å². The fraction of sp³-hybridized carbons (Fsp3) is 0.448.